The van der Waals surface area contributed by atoms with Crippen molar-refractivity contribution in [1.29, 1.82) is 0 Å². The molecule has 1 aliphatic carbocycles. The lowest BCUT2D eigenvalue weighted by molar-refractivity contribution is 0.170. The Balaban J connectivity index is 1.42. The minimum Gasteiger partial charge on any atom is -0.397 e. The number of nitrogens with two attached hydrogens (primary N) is 1. The number of aryl methyl sites for hydroxylation is 2. The molecule has 4 rings (SSSR count). The normalized spacial score (nSPS) is 21.5. The second-order valence-electron chi connectivity index (χ2n) is 7.19. The Hall–Kier alpha value is -2.00. The summed E-state index contributed by atoms with van der Waals surface area (Å²) in [7, 11) is 0. The maximum atomic E-state index is 6.14. The molecule has 3 nitrogen and oxygen atoms in total. The SMILES string of the molecule is Cc1cccc2c1C[C@@H](N1CCN(c3ccccc3N)CC1)CC2. The molecule has 1 aliphatic heterocycles. The van der Waals surface area contributed by atoms with Gasteiger partial charge in [-0.3, -0.25) is 4.90 Å². The number of nitrogen functional groups attached to an aromatic ring is 1. The molecule has 0 aromatic heterocycles. The Morgan fingerprint density at radius 2 is 1.75 bits per heavy atom. The van der Waals surface area contributed by atoms with E-state index in [2.05, 4.69) is 47.1 Å². The number of rotatable bonds is 2. The quantitative estimate of drug-likeness (QED) is 0.862. The number of hydrogen-bond donors (Lipinski definition) is 1. The zero-order valence-corrected chi connectivity index (χ0v) is 14.5. The highest BCUT2D eigenvalue weighted by atomic mass is 15.3. The molecule has 0 bridgehead atoms. The molecule has 2 N–H and O–H groups in total. The van der Waals surface area contributed by atoms with Crippen LogP contribution >= 0.6 is 0 Å². The van der Waals surface area contributed by atoms with Crippen LogP contribution in [0, 0.1) is 6.92 Å². The summed E-state index contributed by atoms with van der Waals surface area (Å²) >= 11 is 0. The van der Waals surface area contributed by atoms with Crippen LogP contribution in [0.5, 0.6) is 0 Å². The van der Waals surface area contributed by atoms with E-state index in [9.17, 15) is 0 Å². The van der Waals surface area contributed by atoms with Crippen molar-refractivity contribution in [3.8, 4) is 0 Å². The summed E-state index contributed by atoms with van der Waals surface area (Å²) < 4.78 is 0. The van der Waals surface area contributed by atoms with Crippen LogP contribution in [0.25, 0.3) is 0 Å². The summed E-state index contributed by atoms with van der Waals surface area (Å²) in [4.78, 5) is 5.14. The van der Waals surface area contributed by atoms with Crippen LogP contribution in [0.4, 0.5) is 11.4 Å². The van der Waals surface area contributed by atoms with Gasteiger partial charge in [-0.1, -0.05) is 30.3 Å². The molecule has 0 amide bonds. The predicted molar refractivity (Wildman–Crippen MR) is 102 cm³/mol. The molecule has 24 heavy (non-hydrogen) atoms. The van der Waals surface area contributed by atoms with Crippen molar-refractivity contribution in [2.75, 3.05) is 36.8 Å². The molecule has 1 atom stereocenters. The van der Waals surface area contributed by atoms with Crippen LogP contribution in [0.1, 0.15) is 23.1 Å². The van der Waals surface area contributed by atoms with Gasteiger partial charge >= 0.3 is 0 Å². The second-order valence-corrected chi connectivity index (χ2v) is 7.19. The molecule has 1 saturated heterocycles. The van der Waals surface area contributed by atoms with Crippen molar-refractivity contribution in [3.05, 3.63) is 59.2 Å². The van der Waals surface area contributed by atoms with Gasteiger partial charge in [0.05, 0.1) is 11.4 Å². The Morgan fingerprint density at radius 1 is 0.958 bits per heavy atom. The summed E-state index contributed by atoms with van der Waals surface area (Å²) in [6, 6.07) is 15.7. The van der Waals surface area contributed by atoms with E-state index >= 15 is 0 Å². The lowest BCUT2D eigenvalue weighted by atomic mass is 9.85. The number of piperazine rings is 1. The van der Waals surface area contributed by atoms with Gasteiger partial charge in [-0.25, -0.2) is 0 Å². The molecule has 1 heterocycles. The second kappa shape index (κ2) is 6.48. The van der Waals surface area contributed by atoms with E-state index in [1.165, 1.54) is 30.5 Å². The maximum Gasteiger partial charge on any atom is 0.0600 e. The van der Waals surface area contributed by atoms with Gasteiger partial charge in [0.25, 0.3) is 0 Å². The highest BCUT2D eigenvalue weighted by molar-refractivity contribution is 5.67. The van der Waals surface area contributed by atoms with Crippen LogP contribution in [0.3, 0.4) is 0 Å². The van der Waals surface area contributed by atoms with Crippen molar-refractivity contribution < 1.29 is 0 Å². The molecule has 3 heteroatoms. The summed E-state index contributed by atoms with van der Waals surface area (Å²) in [6.07, 6.45) is 3.74. The number of benzene rings is 2. The minimum absolute atomic E-state index is 0.703. The molecule has 0 radical (unpaired) electrons. The van der Waals surface area contributed by atoms with Crippen molar-refractivity contribution in [1.82, 2.24) is 4.90 Å². The zero-order chi connectivity index (χ0) is 16.5. The van der Waals surface area contributed by atoms with Crippen molar-refractivity contribution in [2.24, 2.45) is 0 Å². The van der Waals surface area contributed by atoms with Gasteiger partial charge in [-0.05, 0) is 55.0 Å². The highest BCUT2D eigenvalue weighted by Crippen LogP contribution is 2.29. The van der Waals surface area contributed by atoms with Crippen LogP contribution in [-0.4, -0.2) is 37.1 Å². The topological polar surface area (TPSA) is 32.5 Å². The van der Waals surface area contributed by atoms with Crippen molar-refractivity contribution in [3.63, 3.8) is 0 Å². The van der Waals surface area contributed by atoms with Crippen LogP contribution < -0.4 is 10.6 Å². The lowest BCUT2D eigenvalue weighted by Gasteiger charge is -2.42. The highest BCUT2D eigenvalue weighted by Gasteiger charge is 2.28. The fourth-order valence-corrected chi connectivity index (χ4v) is 4.36. The van der Waals surface area contributed by atoms with Gasteiger partial charge < -0.3 is 10.6 Å². The van der Waals surface area contributed by atoms with E-state index in [4.69, 9.17) is 5.73 Å². The molecule has 0 unspecified atom stereocenters. The molecule has 1 fully saturated rings. The first kappa shape index (κ1) is 15.5. The smallest absolute Gasteiger partial charge is 0.0600 e. The van der Waals surface area contributed by atoms with Gasteiger partial charge in [0.2, 0.25) is 0 Å². The van der Waals surface area contributed by atoms with Gasteiger partial charge in [-0.2, -0.15) is 0 Å². The van der Waals surface area contributed by atoms with Crippen LogP contribution in [0.15, 0.2) is 42.5 Å². The number of para-hydroxylation sites is 2. The van der Waals surface area contributed by atoms with Crippen LogP contribution in [-0.2, 0) is 12.8 Å². The molecule has 2 aromatic rings. The van der Waals surface area contributed by atoms with Gasteiger partial charge in [-0.15, -0.1) is 0 Å². The first-order valence-electron chi connectivity index (χ1n) is 9.13. The van der Waals surface area contributed by atoms with Crippen molar-refractivity contribution >= 4 is 11.4 Å². The third-order valence-corrected chi connectivity index (χ3v) is 5.80. The number of anilines is 2. The van der Waals surface area contributed by atoms with Gasteiger partial charge in [0, 0.05) is 32.2 Å². The third kappa shape index (κ3) is 2.89. The average Bonchev–Trinajstić information content (AvgIpc) is 2.63. The molecule has 2 aromatic carbocycles. The molecule has 0 spiro atoms. The molecular formula is C21H27N3. The largest absolute Gasteiger partial charge is 0.397 e. The fraction of sp³-hybridized carbons (Fsp3) is 0.429. The number of nitrogens with zero attached hydrogens (tertiary/aromatic N) is 2. The fourth-order valence-electron chi connectivity index (χ4n) is 4.36. The van der Waals surface area contributed by atoms with Gasteiger partial charge in [0.1, 0.15) is 0 Å². The summed E-state index contributed by atoms with van der Waals surface area (Å²) in [5.41, 5.74) is 12.9. The van der Waals surface area contributed by atoms with Gasteiger partial charge in [0.15, 0.2) is 0 Å². The van der Waals surface area contributed by atoms with E-state index in [1.54, 1.807) is 11.1 Å². The van der Waals surface area contributed by atoms with Crippen molar-refractivity contribution in [2.45, 2.75) is 32.2 Å². The summed E-state index contributed by atoms with van der Waals surface area (Å²) in [5.74, 6) is 0. The zero-order valence-electron chi connectivity index (χ0n) is 14.5. The van der Waals surface area contributed by atoms with E-state index in [0.29, 0.717) is 6.04 Å². The van der Waals surface area contributed by atoms with E-state index in [1.807, 2.05) is 12.1 Å². The van der Waals surface area contributed by atoms with E-state index in [0.717, 1.165) is 31.9 Å². The molecule has 126 valence electrons. The first-order valence-corrected chi connectivity index (χ1v) is 9.13. The third-order valence-electron chi connectivity index (χ3n) is 5.80. The Labute approximate surface area is 145 Å². The lowest BCUT2D eigenvalue weighted by Crippen LogP contribution is -2.52. The van der Waals surface area contributed by atoms with E-state index < -0.39 is 0 Å². The standard InChI is InChI=1S/C21H27N3/c1-16-5-4-6-17-9-10-18(15-19(16)17)23-11-13-24(14-12-23)21-8-3-2-7-20(21)22/h2-8,18H,9-15,22H2,1H3/t18-/m0/s1. The summed E-state index contributed by atoms with van der Waals surface area (Å²) in [6.45, 7) is 6.69. The molecule has 2 aliphatic rings. The number of fused-ring (bicyclic) bond motifs is 1. The monoisotopic (exact) mass is 321 g/mol. The Bertz CT molecular complexity index is 717. The maximum absolute atomic E-state index is 6.14. The Morgan fingerprint density at radius 3 is 2.54 bits per heavy atom. The minimum atomic E-state index is 0.703. The first-order chi connectivity index (χ1) is 11.7. The predicted octanol–water partition coefficient (Wildman–Crippen LogP) is 3.26. The Kier molecular flexibility index (Phi) is 4.19. The molecular weight excluding hydrogens is 294 g/mol. The number of hydrogen-bond acceptors (Lipinski definition) is 3. The van der Waals surface area contributed by atoms with E-state index in [-0.39, 0.29) is 0 Å². The summed E-state index contributed by atoms with van der Waals surface area (Å²) in [5, 5.41) is 0. The average molecular weight is 321 g/mol. The molecule has 0 saturated carbocycles. The van der Waals surface area contributed by atoms with Crippen LogP contribution in [0.2, 0.25) is 0 Å².